The van der Waals surface area contributed by atoms with Crippen molar-refractivity contribution >= 4 is 5.97 Å². The molecule has 5 N–H and O–H groups in total. The quantitative estimate of drug-likeness (QED) is 0.0724. The molecule has 0 heterocycles. The van der Waals surface area contributed by atoms with Gasteiger partial charge in [-0.3, -0.25) is 15.3 Å². The highest BCUT2D eigenvalue weighted by Gasteiger charge is 2.67. The maximum absolute atomic E-state index is 11.2. The zero-order chi connectivity index (χ0) is 62.6. The molecule has 12 fully saturated rings. The first-order valence-corrected chi connectivity index (χ1v) is 36.3. The van der Waals surface area contributed by atoms with Crippen LogP contribution in [0.2, 0.25) is 0 Å². The summed E-state index contributed by atoms with van der Waals surface area (Å²) in [5, 5.41) is 57.8. The van der Waals surface area contributed by atoms with E-state index in [1.807, 2.05) is 0 Å². The van der Waals surface area contributed by atoms with Gasteiger partial charge in [0, 0.05) is 12.8 Å². The lowest BCUT2D eigenvalue weighted by atomic mass is 9.43. The van der Waals surface area contributed by atoms with E-state index in [1.165, 1.54) is 103 Å². The third-order valence-electron chi connectivity index (χ3n) is 31.4. The topological polar surface area (TPSA) is 197 Å². The maximum Gasteiger partial charge on any atom is 0.303 e. The van der Waals surface area contributed by atoms with Crippen LogP contribution in [0.3, 0.4) is 0 Å². The first kappa shape index (κ1) is 68.4. The van der Waals surface area contributed by atoms with Crippen molar-refractivity contribution in [2.45, 2.75) is 273 Å². The number of aliphatic carboxylic acids is 1. The number of rotatable bonds is 16. The Morgan fingerprint density at radius 3 is 1.32 bits per heavy atom. The van der Waals surface area contributed by atoms with Gasteiger partial charge in [0.1, 0.15) is 0 Å². The van der Waals surface area contributed by atoms with Crippen LogP contribution in [-0.2, 0) is 34.1 Å². The van der Waals surface area contributed by atoms with Gasteiger partial charge in [-0.1, -0.05) is 75.7 Å². The molecule has 30 atom stereocenters. The van der Waals surface area contributed by atoms with Gasteiger partial charge in [0.15, 0.2) is 0 Å². The Morgan fingerprint density at radius 2 is 0.897 bits per heavy atom. The number of aliphatic hydroxyl groups excluding tert-OH is 2. The number of nitrogens with zero attached hydrogens (tertiary/aromatic N) is 1. The first-order chi connectivity index (χ1) is 41.4. The number of carboxylic acid groups (broad SMARTS) is 1. The van der Waals surface area contributed by atoms with E-state index >= 15 is 0 Å². The molecule has 3 unspecified atom stereocenters. The van der Waals surface area contributed by atoms with Crippen LogP contribution in [0.25, 0.3) is 0 Å². The van der Waals surface area contributed by atoms with Crippen molar-refractivity contribution in [3.63, 3.8) is 0 Å². The minimum atomic E-state index is -0.678. The number of carbonyl (C=O) groups is 1. The van der Waals surface area contributed by atoms with Crippen molar-refractivity contribution in [3.05, 3.63) is 0 Å². The van der Waals surface area contributed by atoms with Gasteiger partial charge in [0.2, 0.25) is 0 Å². The molecule has 13 nitrogen and oxygen atoms in total. The normalized spacial score (nSPS) is 50.3. The van der Waals surface area contributed by atoms with E-state index in [1.54, 1.807) is 14.2 Å². The molecule has 0 amide bonds. The Morgan fingerprint density at radius 1 is 0.506 bits per heavy atom. The molecule has 12 aliphatic carbocycles. The third-order valence-corrected chi connectivity index (χ3v) is 31.4. The fourth-order valence-electron chi connectivity index (χ4n) is 26.8. The molecular weight excluding hydrogens is 1090 g/mol. The summed E-state index contributed by atoms with van der Waals surface area (Å²) in [6.07, 6.45) is 31.4. The summed E-state index contributed by atoms with van der Waals surface area (Å²) < 4.78 is 0. The fourth-order valence-corrected chi connectivity index (χ4v) is 26.8. The Hall–Kier alpha value is -1.44. The van der Waals surface area contributed by atoms with Gasteiger partial charge >= 0.3 is 5.97 Å². The number of hydrogen-bond donors (Lipinski definition) is 5. The lowest BCUT2D eigenvalue weighted by Crippen LogP contribution is -2.59. The molecule has 12 saturated carbocycles. The highest BCUT2D eigenvalue weighted by molar-refractivity contribution is 5.66. The molecule has 0 aromatic carbocycles. The summed E-state index contributed by atoms with van der Waals surface area (Å²) in [5.41, 5.74) is 2.06. The average Bonchev–Trinajstić information content (AvgIpc) is 1.73. The molecule has 0 aromatic heterocycles. The van der Waals surface area contributed by atoms with Crippen molar-refractivity contribution in [3.8, 4) is 6.07 Å². The molecule has 498 valence electrons. The van der Waals surface area contributed by atoms with E-state index in [9.17, 15) is 25.4 Å². The van der Waals surface area contributed by atoms with Crippen LogP contribution in [0.4, 0.5) is 0 Å². The molecule has 13 heteroatoms. The van der Waals surface area contributed by atoms with Gasteiger partial charge < -0.3 is 15.3 Å². The first-order valence-electron chi connectivity index (χ1n) is 36.3. The molecule has 0 saturated heterocycles. The highest BCUT2D eigenvalue weighted by atomic mass is 17.2. The molecule has 12 rings (SSSR count). The van der Waals surface area contributed by atoms with Crippen LogP contribution in [0, 0.1) is 162 Å². The largest absolute Gasteiger partial charge is 0.481 e. The predicted octanol–water partition coefficient (Wildman–Crippen LogP) is 16.7. The Labute approximate surface area is 526 Å². The van der Waals surface area contributed by atoms with Crippen molar-refractivity contribution in [2.24, 2.45) is 151 Å². The van der Waals surface area contributed by atoms with Crippen molar-refractivity contribution in [1.82, 2.24) is 0 Å². The molecule has 0 bridgehead atoms. The van der Waals surface area contributed by atoms with Crippen LogP contribution >= 0.6 is 0 Å². The second-order valence-electron chi connectivity index (χ2n) is 34.5. The minimum Gasteiger partial charge on any atom is -0.481 e. The number of fused-ring (bicyclic) bond motifs is 15. The molecule has 12 aliphatic rings. The second kappa shape index (κ2) is 27.5. The van der Waals surface area contributed by atoms with E-state index in [0.29, 0.717) is 147 Å². The van der Waals surface area contributed by atoms with Gasteiger partial charge in [-0.15, -0.1) is 0 Å². The highest BCUT2D eigenvalue weighted by Crippen LogP contribution is 2.73. The molecule has 0 aliphatic heterocycles. The van der Waals surface area contributed by atoms with Gasteiger partial charge in [-0.2, -0.15) is 5.26 Å². The van der Waals surface area contributed by atoms with Crippen LogP contribution in [-0.4, -0.2) is 83.7 Å². The zero-order valence-corrected chi connectivity index (χ0v) is 56.6. The maximum atomic E-state index is 11.2. The van der Waals surface area contributed by atoms with Crippen LogP contribution in [0.5, 0.6) is 0 Å². The summed E-state index contributed by atoms with van der Waals surface area (Å²) >= 11 is 0. The lowest BCUT2D eigenvalue weighted by molar-refractivity contribution is -0.345. The van der Waals surface area contributed by atoms with E-state index in [4.69, 9.17) is 30.1 Å². The second-order valence-corrected chi connectivity index (χ2v) is 34.5. The Bertz CT molecular complexity index is 2320. The summed E-state index contributed by atoms with van der Waals surface area (Å²) in [5.74, 6) is 11.3. The van der Waals surface area contributed by atoms with E-state index in [0.717, 1.165) is 82.0 Å². The number of nitriles is 1. The zero-order valence-electron chi connectivity index (χ0n) is 56.6. The summed E-state index contributed by atoms with van der Waals surface area (Å²) in [6, 6.07) is 2.43. The van der Waals surface area contributed by atoms with E-state index < -0.39 is 5.97 Å². The van der Waals surface area contributed by atoms with Crippen molar-refractivity contribution in [1.29, 1.82) is 5.26 Å². The number of carboxylic acids is 1. The molecule has 0 radical (unpaired) electrons. The summed E-state index contributed by atoms with van der Waals surface area (Å²) in [4.78, 5) is 42.8. The number of aliphatic hydroxyl groups is 2. The fraction of sp³-hybridized carbons (Fsp3) is 0.973. The monoisotopic (exact) mass is 1220 g/mol. The Balaban J connectivity index is 0.000000145. The van der Waals surface area contributed by atoms with E-state index in [-0.39, 0.29) is 36.3 Å². The van der Waals surface area contributed by atoms with E-state index in [2.05, 4.69) is 85.1 Å². The number of hydrogen-bond acceptors (Lipinski definition) is 12. The smallest absolute Gasteiger partial charge is 0.303 e. The van der Waals surface area contributed by atoms with Crippen LogP contribution in [0.1, 0.15) is 249 Å². The third kappa shape index (κ3) is 12.4. The van der Waals surface area contributed by atoms with Gasteiger partial charge in [0.05, 0.1) is 57.9 Å². The van der Waals surface area contributed by atoms with Gasteiger partial charge in [-0.05, 0) is 311 Å². The summed E-state index contributed by atoms with van der Waals surface area (Å²) in [7, 11) is 3.29. The Kier molecular flexibility index (Phi) is 21.6. The van der Waals surface area contributed by atoms with Crippen molar-refractivity contribution in [2.75, 3.05) is 27.4 Å². The molecule has 87 heavy (non-hydrogen) atoms. The van der Waals surface area contributed by atoms with Crippen LogP contribution < -0.4 is 0 Å². The predicted molar refractivity (Wildman–Crippen MR) is 337 cm³/mol. The summed E-state index contributed by atoms with van der Waals surface area (Å²) in [6.45, 7) is 25.4. The van der Waals surface area contributed by atoms with Gasteiger partial charge in [0.25, 0.3) is 0 Å². The molecule has 0 spiro atoms. The molecular formula is C74H125NO12. The molecule has 0 aromatic rings. The minimum absolute atomic E-state index is 0.120. The lowest BCUT2D eigenvalue weighted by Gasteiger charge is -2.63. The van der Waals surface area contributed by atoms with Crippen LogP contribution in [0.15, 0.2) is 0 Å². The SMILES string of the molecule is CC[C@@H](C)[C@H]1CC[C@H]2[C@@H]3C(O)C[C@@H]4C[C@H](O)CC[C@]4(C)[C@H]3CC[C@]12C.COOC1C[C@@H]2C[C@H](COO)CC[C@]2(C)[C@H]2CC[C@]3(C)[C@@H]([C@H](C)CC#N)CC[C@H]3[C@H]12.COOC1C[C@@H]2C[C@H](COO)CC[C@]2(C)[C@H]2CC[C@]3(C)[C@@H]([C@H](C)CCC(=O)O)CC[C@H]3[C@H]12. The average molecular weight is 1220 g/mol. The van der Waals surface area contributed by atoms with Crippen molar-refractivity contribution < 1.29 is 60.0 Å². The van der Waals surface area contributed by atoms with Gasteiger partial charge in [-0.25, -0.2) is 29.3 Å². The standard InChI is InChI=1S/C26H44O6.C25H41NO4.C23H40O2/c1-16(5-8-23(27)28)19-6-7-20-24-21(10-12-26(19,20)3)25(2)11-9-17(15-31-29)13-18(25)14-22(24)32-30-4;1-16(9-12-26)19-5-6-20-23-21(8-11-25(19,20)3)24(2)10-7-17(15-29-27)13-18(24)14-22(23)30-28-4;1-5-14(2)17-6-7-18-21-19(9-11-23(17,18)4)22(3)10-8-16(24)12-15(22)13-20(21)25/h16-22,24,29H,5-15H2,1-4H3,(H,27,28);16-23,27H,5-11,13-15H2,1-4H3;14-21,24-25H,5-13H2,1-4H3/t16-,17-,18+,19-,20+,21+,22?,24+,25+,26-;16-,17-,18+,19-,20+,21+,22?,23+,24+,25-;14-,15+,16-,17-,18+,19+,20?,21+,22+,23-/m111/s1.